The molecule has 0 atom stereocenters. The van der Waals surface area contributed by atoms with Gasteiger partial charge in [-0.15, -0.1) is 0 Å². The first-order valence-corrected chi connectivity index (χ1v) is 13.3. The molecule has 0 spiro atoms. The van der Waals surface area contributed by atoms with Crippen molar-refractivity contribution in [2.75, 3.05) is 0 Å². The number of carboxylic acid groups (broad SMARTS) is 2. The molecule has 2 rings (SSSR count). The van der Waals surface area contributed by atoms with Gasteiger partial charge >= 0.3 is 11.9 Å². The van der Waals surface area contributed by atoms with E-state index in [1.54, 1.807) is 0 Å². The molecule has 0 aliphatic rings. The van der Waals surface area contributed by atoms with Crippen molar-refractivity contribution >= 4 is 11.9 Å². The highest BCUT2D eigenvalue weighted by Gasteiger charge is 2.31. The van der Waals surface area contributed by atoms with E-state index in [-0.39, 0.29) is 41.1 Å². The molecule has 0 aromatic heterocycles. The minimum absolute atomic E-state index is 0.0161. The fourth-order valence-electron chi connectivity index (χ4n) is 4.78. The van der Waals surface area contributed by atoms with Crippen molar-refractivity contribution in [3.63, 3.8) is 0 Å². The van der Waals surface area contributed by atoms with Crippen molar-refractivity contribution < 1.29 is 30.0 Å². The van der Waals surface area contributed by atoms with Crippen LogP contribution in [0.2, 0.25) is 0 Å². The maximum Gasteiger partial charge on any atom is 0.303 e. The van der Waals surface area contributed by atoms with Crippen molar-refractivity contribution in [2.45, 2.75) is 110 Å². The number of phenolic OH excluding ortho intramolecular Hbond substituents is 2. The number of carbonyl (C=O) groups is 2. The highest BCUT2D eigenvalue weighted by molar-refractivity contribution is 5.68. The van der Waals surface area contributed by atoms with Gasteiger partial charge in [0.1, 0.15) is 11.5 Å². The van der Waals surface area contributed by atoms with Gasteiger partial charge in [-0.05, 0) is 54.1 Å². The summed E-state index contributed by atoms with van der Waals surface area (Å²) in [4.78, 5) is 22.6. The van der Waals surface area contributed by atoms with Gasteiger partial charge < -0.3 is 20.4 Å². The lowest BCUT2D eigenvalue weighted by molar-refractivity contribution is -0.138. The number of phenols is 2. The third-order valence-corrected chi connectivity index (χ3v) is 8.04. The zero-order chi connectivity index (χ0) is 28.1. The van der Waals surface area contributed by atoms with Crippen LogP contribution in [-0.2, 0) is 33.3 Å². The molecule has 204 valence electrons. The Kier molecular flexibility index (Phi) is 9.81. The van der Waals surface area contributed by atoms with E-state index in [4.69, 9.17) is 0 Å². The zero-order valence-corrected chi connectivity index (χ0v) is 23.4. The minimum Gasteiger partial charge on any atom is -0.507 e. The van der Waals surface area contributed by atoms with Crippen LogP contribution in [0.3, 0.4) is 0 Å². The average Bonchev–Trinajstić information content (AvgIpc) is 2.84. The number of hydrogen-bond donors (Lipinski definition) is 4. The van der Waals surface area contributed by atoms with Crippen LogP contribution in [0.4, 0.5) is 0 Å². The Labute approximate surface area is 221 Å². The van der Waals surface area contributed by atoms with E-state index in [2.05, 4.69) is 41.5 Å². The van der Waals surface area contributed by atoms with Gasteiger partial charge in [-0.1, -0.05) is 72.7 Å². The Morgan fingerprint density at radius 2 is 1.05 bits per heavy atom. The first-order chi connectivity index (χ1) is 17.2. The molecule has 0 bridgehead atoms. The quantitative estimate of drug-likeness (QED) is 0.229. The topological polar surface area (TPSA) is 115 Å². The summed E-state index contributed by atoms with van der Waals surface area (Å²) < 4.78 is 0. The number of benzene rings is 2. The average molecular weight is 513 g/mol. The Morgan fingerprint density at radius 3 is 1.32 bits per heavy atom. The van der Waals surface area contributed by atoms with E-state index in [0.29, 0.717) is 30.4 Å². The Bertz CT molecular complexity index is 1040. The fraction of sp³-hybridized carbons (Fsp3) is 0.548. The summed E-state index contributed by atoms with van der Waals surface area (Å²) in [5.74, 6) is -1.78. The van der Waals surface area contributed by atoms with Gasteiger partial charge in [0, 0.05) is 41.0 Å². The minimum atomic E-state index is -0.881. The summed E-state index contributed by atoms with van der Waals surface area (Å²) in [6.45, 7) is 14.3. The molecule has 4 N–H and O–H groups in total. The van der Waals surface area contributed by atoms with Crippen LogP contribution in [0.25, 0.3) is 0 Å². The second-order valence-electron chi connectivity index (χ2n) is 11.4. The summed E-state index contributed by atoms with van der Waals surface area (Å²) >= 11 is 0. The number of aryl methyl sites for hydroxylation is 2. The summed E-state index contributed by atoms with van der Waals surface area (Å²) in [5, 5.41) is 41.7. The highest BCUT2D eigenvalue weighted by Crippen LogP contribution is 2.47. The molecule has 0 saturated heterocycles. The highest BCUT2D eigenvalue weighted by atomic mass is 16.4. The molecule has 2 aromatic rings. The molecule has 0 aliphatic carbocycles. The van der Waals surface area contributed by atoms with Gasteiger partial charge in [-0.25, -0.2) is 0 Å². The maximum absolute atomic E-state index is 11.6. The predicted octanol–water partition coefficient (Wildman–Crippen LogP) is 7.05. The monoisotopic (exact) mass is 512 g/mol. The van der Waals surface area contributed by atoms with Crippen molar-refractivity contribution in [3.05, 3.63) is 57.6 Å². The third kappa shape index (κ3) is 7.06. The SMILES string of the molecule is CCC(c1cc(CCC(=O)O)cc(C(C)(C)CC)c1O)c1cc(CCC(=O)O)cc(C(C)(C)CC)c1O. The first kappa shape index (κ1) is 30.2. The van der Waals surface area contributed by atoms with Crippen LogP contribution in [0.15, 0.2) is 24.3 Å². The molecule has 37 heavy (non-hydrogen) atoms. The summed E-state index contributed by atoms with van der Waals surface area (Å²) in [6.07, 6.45) is 2.79. The molecule has 6 nitrogen and oxygen atoms in total. The van der Waals surface area contributed by atoms with Crippen molar-refractivity contribution in [3.8, 4) is 11.5 Å². The van der Waals surface area contributed by atoms with E-state index in [1.807, 2.05) is 31.2 Å². The molecule has 0 saturated carbocycles. The molecule has 2 aromatic carbocycles. The number of aliphatic carboxylic acids is 2. The normalized spacial score (nSPS) is 12.2. The lowest BCUT2D eigenvalue weighted by Gasteiger charge is -2.31. The maximum atomic E-state index is 11.6. The van der Waals surface area contributed by atoms with Crippen LogP contribution in [0.5, 0.6) is 11.5 Å². The van der Waals surface area contributed by atoms with Crippen molar-refractivity contribution in [2.24, 2.45) is 0 Å². The number of aromatic hydroxyl groups is 2. The Hall–Kier alpha value is -3.02. The van der Waals surface area contributed by atoms with E-state index < -0.39 is 11.9 Å². The van der Waals surface area contributed by atoms with E-state index in [0.717, 1.165) is 35.1 Å². The van der Waals surface area contributed by atoms with Crippen molar-refractivity contribution in [1.29, 1.82) is 0 Å². The molecule has 0 fully saturated rings. The molecule has 0 radical (unpaired) electrons. The van der Waals surface area contributed by atoms with Gasteiger partial charge in [0.2, 0.25) is 0 Å². The van der Waals surface area contributed by atoms with E-state index in [1.165, 1.54) is 0 Å². The fourth-order valence-corrected chi connectivity index (χ4v) is 4.78. The van der Waals surface area contributed by atoms with E-state index in [9.17, 15) is 30.0 Å². The summed E-state index contributed by atoms with van der Waals surface area (Å²) in [7, 11) is 0. The molecule has 6 heteroatoms. The summed E-state index contributed by atoms with van der Waals surface area (Å²) in [5.41, 5.74) is 3.85. The molecular formula is C31H44O6. The van der Waals surface area contributed by atoms with Crippen LogP contribution in [0.1, 0.15) is 120 Å². The smallest absolute Gasteiger partial charge is 0.303 e. The second kappa shape index (κ2) is 12.0. The van der Waals surface area contributed by atoms with Crippen LogP contribution < -0.4 is 0 Å². The molecule has 0 unspecified atom stereocenters. The third-order valence-electron chi connectivity index (χ3n) is 8.04. The zero-order valence-electron chi connectivity index (χ0n) is 23.4. The van der Waals surface area contributed by atoms with Gasteiger partial charge in [0.25, 0.3) is 0 Å². The number of rotatable bonds is 13. The van der Waals surface area contributed by atoms with Gasteiger partial charge in [-0.3, -0.25) is 9.59 Å². The van der Waals surface area contributed by atoms with E-state index >= 15 is 0 Å². The second-order valence-corrected chi connectivity index (χ2v) is 11.4. The Balaban J connectivity index is 2.83. The Morgan fingerprint density at radius 1 is 0.703 bits per heavy atom. The van der Waals surface area contributed by atoms with Crippen LogP contribution in [0, 0.1) is 0 Å². The molecular weight excluding hydrogens is 468 g/mol. The molecule has 0 amide bonds. The van der Waals surface area contributed by atoms with Gasteiger partial charge in [0.05, 0.1) is 0 Å². The molecule has 0 heterocycles. The standard InChI is InChI=1S/C31H44O6/c1-8-21(22-15-19(11-13-26(32)33)17-24(28(22)36)30(4,5)9-2)23-16-20(12-14-27(34)35)18-25(29(23)37)31(6,7)10-3/h15-18,21,36-37H,8-14H2,1-7H3,(H,32,33)(H,34,35). The first-order valence-electron chi connectivity index (χ1n) is 13.3. The molecule has 0 aliphatic heterocycles. The predicted molar refractivity (Wildman–Crippen MR) is 147 cm³/mol. The lowest BCUT2D eigenvalue weighted by Crippen LogP contribution is -2.19. The van der Waals surface area contributed by atoms with Crippen LogP contribution >= 0.6 is 0 Å². The van der Waals surface area contributed by atoms with Gasteiger partial charge in [-0.2, -0.15) is 0 Å². The van der Waals surface area contributed by atoms with Crippen LogP contribution in [-0.4, -0.2) is 32.4 Å². The lowest BCUT2D eigenvalue weighted by atomic mass is 9.75. The number of carboxylic acids is 2. The number of hydrogen-bond acceptors (Lipinski definition) is 4. The largest absolute Gasteiger partial charge is 0.507 e. The van der Waals surface area contributed by atoms with Crippen molar-refractivity contribution in [1.82, 2.24) is 0 Å². The summed E-state index contributed by atoms with van der Waals surface area (Å²) in [6, 6.07) is 7.56. The van der Waals surface area contributed by atoms with Gasteiger partial charge in [0.15, 0.2) is 0 Å².